The van der Waals surface area contributed by atoms with Crippen molar-refractivity contribution < 1.29 is 22.6 Å². The molecule has 0 aromatic heterocycles. The number of sulfonamides is 1. The maximum Gasteiger partial charge on any atom is 0.280 e. The molecule has 0 bridgehead atoms. The van der Waals surface area contributed by atoms with E-state index in [0.29, 0.717) is 35.3 Å². The molecule has 0 aliphatic heterocycles. The van der Waals surface area contributed by atoms with Crippen molar-refractivity contribution in [1.29, 1.82) is 0 Å². The molecule has 0 saturated heterocycles. The molecule has 1 N–H and O–H groups in total. The summed E-state index contributed by atoms with van der Waals surface area (Å²) in [6.07, 6.45) is 1.30. The van der Waals surface area contributed by atoms with E-state index in [9.17, 15) is 8.42 Å². The SMILES string of the molecule is CCOc1cc(/C=N/NS(=O)(=O)c2cc(Cl)ccc2OC)cc(Cl)c1OCC. The van der Waals surface area contributed by atoms with E-state index < -0.39 is 10.0 Å². The second-order valence-electron chi connectivity index (χ2n) is 5.34. The van der Waals surface area contributed by atoms with Gasteiger partial charge < -0.3 is 14.2 Å². The number of methoxy groups -OCH3 is 1. The summed E-state index contributed by atoms with van der Waals surface area (Å²) in [7, 11) is -2.63. The predicted octanol–water partition coefficient (Wildman–Crippen LogP) is 4.11. The average molecular weight is 447 g/mol. The molecule has 0 heterocycles. The van der Waals surface area contributed by atoms with Crippen LogP contribution in [0, 0.1) is 0 Å². The van der Waals surface area contributed by atoms with Gasteiger partial charge in [0.1, 0.15) is 10.6 Å². The van der Waals surface area contributed by atoms with Crippen molar-refractivity contribution in [2.45, 2.75) is 18.7 Å². The van der Waals surface area contributed by atoms with Gasteiger partial charge in [0, 0.05) is 5.02 Å². The number of nitrogens with zero attached hydrogens (tertiary/aromatic N) is 1. The highest BCUT2D eigenvalue weighted by Crippen LogP contribution is 2.36. The van der Waals surface area contributed by atoms with Crippen molar-refractivity contribution in [2.24, 2.45) is 5.10 Å². The van der Waals surface area contributed by atoms with E-state index in [4.69, 9.17) is 37.4 Å². The lowest BCUT2D eigenvalue weighted by molar-refractivity contribution is 0.288. The molecule has 0 radical (unpaired) electrons. The third kappa shape index (κ3) is 5.43. The van der Waals surface area contributed by atoms with Crippen molar-refractivity contribution in [2.75, 3.05) is 20.3 Å². The third-order valence-electron chi connectivity index (χ3n) is 3.42. The lowest BCUT2D eigenvalue weighted by Crippen LogP contribution is -2.19. The van der Waals surface area contributed by atoms with Crippen molar-refractivity contribution >= 4 is 39.4 Å². The van der Waals surface area contributed by atoms with Crippen molar-refractivity contribution in [1.82, 2.24) is 4.83 Å². The summed E-state index contributed by atoms with van der Waals surface area (Å²) in [5.74, 6) is 1.01. The quantitative estimate of drug-likeness (QED) is 0.462. The second kappa shape index (κ2) is 9.86. The van der Waals surface area contributed by atoms with Gasteiger partial charge in [-0.3, -0.25) is 0 Å². The molecule has 2 rings (SSSR count). The second-order valence-corrected chi connectivity index (χ2v) is 7.82. The highest BCUT2D eigenvalue weighted by atomic mass is 35.5. The van der Waals surface area contributed by atoms with Gasteiger partial charge in [0.15, 0.2) is 11.5 Å². The predicted molar refractivity (Wildman–Crippen MR) is 110 cm³/mol. The first kappa shape index (κ1) is 22.1. The molecule has 7 nitrogen and oxygen atoms in total. The lowest BCUT2D eigenvalue weighted by atomic mass is 10.2. The molecule has 0 spiro atoms. The topological polar surface area (TPSA) is 86.2 Å². The Morgan fingerprint density at radius 1 is 1.07 bits per heavy atom. The molecule has 0 aliphatic carbocycles. The molecule has 152 valence electrons. The first-order valence-corrected chi connectivity index (χ1v) is 10.5. The minimum atomic E-state index is -3.99. The van der Waals surface area contributed by atoms with Gasteiger partial charge in [0.2, 0.25) is 0 Å². The van der Waals surface area contributed by atoms with Crippen LogP contribution in [0.1, 0.15) is 19.4 Å². The molecule has 0 amide bonds. The van der Waals surface area contributed by atoms with Crippen molar-refractivity contribution in [3.05, 3.63) is 45.9 Å². The standard InChI is InChI=1S/C18H20Cl2N2O5S/c1-4-26-16-9-12(8-14(20)18(16)27-5-2)11-21-22-28(23,24)17-10-13(19)6-7-15(17)25-3/h6-11,22H,4-5H2,1-3H3/b21-11+. The first-order valence-electron chi connectivity index (χ1n) is 8.29. The summed E-state index contributed by atoms with van der Waals surface area (Å²) < 4.78 is 41.1. The van der Waals surface area contributed by atoms with Gasteiger partial charge in [0.25, 0.3) is 10.0 Å². The minimum absolute atomic E-state index is 0.126. The molecule has 0 aliphatic rings. The number of benzene rings is 2. The molecular formula is C18H20Cl2N2O5S. The normalized spacial score (nSPS) is 11.5. The van der Waals surface area contributed by atoms with E-state index in [0.717, 1.165) is 0 Å². The van der Waals surface area contributed by atoms with Crippen LogP contribution in [0.15, 0.2) is 40.3 Å². The minimum Gasteiger partial charge on any atom is -0.495 e. The molecule has 0 saturated carbocycles. The van der Waals surface area contributed by atoms with Crippen LogP contribution in [0.2, 0.25) is 10.0 Å². The molecule has 10 heteroatoms. The molecular weight excluding hydrogens is 427 g/mol. The Hall–Kier alpha value is -2.16. The Labute approximate surface area is 174 Å². The zero-order chi connectivity index (χ0) is 20.7. The summed E-state index contributed by atoms with van der Waals surface area (Å²) in [4.78, 5) is 2.00. The van der Waals surface area contributed by atoms with Crippen LogP contribution in [0.4, 0.5) is 0 Å². The molecule has 0 unspecified atom stereocenters. The van der Waals surface area contributed by atoms with Crippen LogP contribution in [0.5, 0.6) is 17.2 Å². The maximum absolute atomic E-state index is 12.5. The number of halogens is 2. The Bertz CT molecular complexity index is 965. The van der Waals surface area contributed by atoms with Crippen LogP contribution >= 0.6 is 23.2 Å². The summed E-state index contributed by atoms with van der Waals surface area (Å²) in [6.45, 7) is 4.50. The Balaban J connectivity index is 2.28. The molecule has 0 fully saturated rings. The third-order valence-corrected chi connectivity index (χ3v) is 5.18. The Morgan fingerprint density at radius 3 is 2.43 bits per heavy atom. The van der Waals surface area contributed by atoms with Crippen molar-refractivity contribution in [3.8, 4) is 17.2 Å². The van der Waals surface area contributed by atoms with Gasteiger partial charge in [-0.25, -0.2) is 0 Å². The van der Waals surface area contributed by atoms with Gasteiger partial charge in [-0.2, -0.15) is 18.4 Å². The summed E-state index contributed by atoms with van der Waals surface area (Å²) in [6, 6.07) is 7.51. The van der Waals surface area contributed by atoms with Gasteiger partial charge >= 0.3 is 0 Å². The fraction of sp³-hybridized carbons (Fsp3) is 0.278. The number of hydrogen-bond donors (Lipinski definition) is 1. The first-order chi connectivity index (χ1) is 13.3. The lowest BCUT2D eigenvalue weighted by Gasteiger charge is -2.13. The zero-order valence-corrected chi connectivity index (χ0v) is 17.9. The smallest absolute Gasteiger partial charge is 0.280 e. The van der Waals surface area contributed by atoms with Crippen LogP contribution in [-0.2, 0) is 10.0 Å². The highest BCUT2D eigenvalue weighted by molar-refractivity contribution is 7.89. The maximum atomic E-state index is 12.5. The monoisotopic (exact) mass is 446 g/mol. The van der Waals surface area contributed by atoms with Crippen LogP contribution in [0.3, 0.4) is 0 Å². The van der Waals surface area contributed by atoms with Gasteiger partial charge in [-0.1, -0.05) is 23.2 Å². The van der Waals surface area contributed by atoms with Crippen LogP contribution < -0.4 is 19.0 Å². The fourth-order valence-electron chi connectivity index (χ4n) is 2.29. The number of rotatable bonds is 9. The summed E-state index contributed by atoms with van der Waals surface area (Å²) in [5, 5.41) is 4.38. The highest BCUT2D eigenvalue weighted by Gasteiger charge is 2.19. The molecule has 28 heavy (non-hydrogen) atoms. The number of hydrazone groups is 1. The summed E-state index contributed by atoms with van der Waals surface area (Å²) in [5.41, 5.74) is 0.526. The largest absolute Gasteiger partial charge is 0.495 e. The van der Waals surface area contributed by atoms with E-state index >= 15 is 0 Å². The van der Waals surface area contributed by atoms with Gasteiger partial charge in [-0.05, 0) is 49.7 Å². The Morgan fingerprint density at radius 2 is 1.79 bits per heavy atom. The van der Waals surface area contributed by atoms with E-state index in [-0.39, 0.29) is 15.7 Å². The van der Waals surface area contributed by atoms with Crippen LogP contribution in [0.25, 0.3) is 0 Å². The number of nitrogens with one attached hydrogen (secondary N) is 1. The Kier molecular flexibility index (Phi) is 7.79. The van der Waals surface area contributed by atoms with Gasteiger partial charge in [0.05, 0.1) is 31.6 Å². The summed E-state index contributed by atoms with van der Waals surface area (Å²) >= 11 is 12.1. The van der Waals surface area contributed by atoms with E-state index in [1.165, 1.54) is 31.5 Å². The number of hydrogen-bond acceptors (Lipinski definition) is 6. The molecule has 2 aromatic rings. The van der Waals surface area contributed by atoms with Gasteiger partial charge in [-0.15, -0.1) is 0 Å². The van der Waals surface area contributed by atoms with E-state index in [2.05, 4.69) is 9.93 Å². The average Bonchev–Trinajstić information content (AvgIpc) is 2.64. The zero-order valence-electron chi connectivity index (χ0n) is 15.5. The fourth-order valence-corrected chi connectivity index (χ4v) is 3.79. The van der Waals surface area contributed by atoms with Crippen molar-refractivity contribution in [3.63, 3.8) is 0 Å². The van der Waals surface area contributed by atoms with E-state index in [1.807, 2.05) is 13.8 Å². The molecule has 2 aromatic carbocycles. The van der Waals surface area contributed by atoms with E-state index in [1.54, 1.807) is 12.1 Å². The number of ether oxygens (including phenoxy) is 3. The van der Waals surface area contributed by atoms with Crippen LogP contribution in [-0.4, -0.2) is 35.0 Å². The molecule has 0 atom stereocenters.